The summed E-state index contributed by atoms with van der Waals surface area (Å²) < 4.78 is 11.4. The van der Waals surface area contributed by atoms with Crippen molar-refractivity contribution in [2.24, 2.45) is 0 Å². The summed E-state index contributed by atoms with van der Waals surface area (Å²) in [7, 11) is 0. The SMILES string of the molecule is O=C1CCC2(CC1)COCC1(CCN(C(=O)OCc3ccccc3)CC1)N2. The lowest BCUT2D eigenvalue weighted by Crippen LogP contribution is -2.69. The molecule has 1 aromatic carbocycles. The minimum atomic E-state index is -0.247. The Morgan fingerprint density at radius 3 is 2.33 bits per heavy atom. The predicted molar refractivity (Wildman–Crippen MR) is 100 cm³/mol. The number of nitrogens with one attached hydrogen (secondary N) is 1. The van der Waals surface area contributed by atoms with Crippen LogP contribution in [0.3, 0.4) is 0 Å². The molecule has 1 aromatic rings. The van der Waals surface area contributed by atoms with Gasteiger partial charge in [0, 0.05) is 37.0 Å². The van der Waals surface area contributed by atoms with E-state index in [1.165, 1.54) is 0 Å². The number of hydrogen-bond acceptors (Lipinski definition) is 5. The number of rotatable bonds is 2. The van der Waals surface area contributed by atoms with Crippen LogP contribution < -0.4 is 5.32 Å². The van der Waals surface area contributed by atoms with Crippen LogP contribution in [0.25, 0.3) is 0 Å². The summed E-state index contributed by atoms with van der Waals surface area (Å²) in [6.07, 6.45) is 4.46. The van der Waals surface area contributed by atoms with Crippen molar-refractivity contribution in [3.05, 3.63) is 35.9 Å². The lowest BCUT2D eigenvalue weighted by atomic mass is 9.76. The summed E-state index contributed by atoms with van der Waals surface area (Å²) >= 11 is 0. The minimum absolute atomic E-state index is 0.0673. The van der Waals surface area contributed by atoms with E-state index in [0.717, 1.165) is 31.2 Å². The molecular formula is C21H28N2O4. The Morgan fingerprint density at radius 1 is 1.04 bits per heavy atom. The zero-order chi connectivity index (χ0) is 18.7. The zero-order valence-electron chi connectivity index (χ0n) is 15.7. The first-order valence-corrected chi connectivity index (χ1v) is 9.93. The highest BCUT2D eigenvalue weighted by molar-refractivity contribution is 5.79. The molecule has 1 N–H and O–H groups in total. The van der Waals surface area contributed by atoms with Gasteiger partial charge in [-0.15, -0.1) is 0 Å². The number of likely N-dealkylation sites (tertiary alicyclic amines) is 1. The Balaban J connectivity index is 1.30. The van der Waals surface area contributed by atoms with E-state index in [9.17, 15) is 9.59 Å². The first-order chi connectivity index (χ1) is 13.1. The minimum Gasteiger partial charge on any atom is -0.445 e. The van der Waals surface area contributed by atoms with Crippen molar-refractivity contribution in [3.8, 4) is 0 Å². The van der Waals surface area contributed by atoms with Gasteiger partial charge in [0.1, 0.15) is 12.4 Å². The maximum Gasteiger partial charge on any atom is 0.410 e. The summed E-state index contributed by atoms with van der Waals surface area (Å²) in [6.45, 7) is 3.00. The van der Waals surface area contributed by atoms with Crippen molar-refractivity contribution >= 4 is 11.9 Å². The smallest absolute Gasteiger partial charge is 0.410 e. The van der Waals surface area contributed by atoms with Crippen molar-refractivity contribution in [1.82, 2.24) is 10.2 Å². The quantitative estimate of drug-likeness (QED) is 0.864. The molecule has 2 saturated heterocycles. The molecule has 6 heteroatoms. The van der Waals surface area contributed by atoms with Crippen molar-refractivity contribution in [1.29, 1.82) is 0 Å². The molecule has 146 valence electrons. The van der Waals surface area contributed by atoms with E-state index in [-0.39, 0.29) is 17.2 Å². The molecule has 2 aliphatic heterocycles. The standard InChI is InChI=1S/C21H28N2O4/c24-18-6-8-20(9-7-18)15-26-16-21(22-20)10-12-23(13-11-21)19(25)27-14-17-4-2-1-3-5-17/h1-5,22H,6-16H2. The lowest BCUT2D eigenvalue weighted by Gasteiger charge is -2.53. The number of amides is 1. The Kier molecular flexibility index (Phi) is 5.19. The topological polar surface area (TPSA) is 67.9 Å². The summed E-state index contributed by atoms with van der Waals surface area (Å²) in [5.74, 6) is 0.359. The molecule has 0 unspecified atom stereocenters. The Labute approximate surface area is 160 Å². The van der Waals surface area contributed by atoms with E-state index in [0.29, 0.717) is 51.5 Å². The number of piperidine rings is 1. The maximum atomic E-state index is 12.4. The van der Waals surface area contributed by atoms with Gasteiger partial charge in [-0.25, -0.2) is 4.79 Å². The van der Waals surface area contributed by atoms with E-state index >= 15 is 0 Å². The summed E-state index contributed by atoms with van der Waals surface area (Å²) in [5, 5.41) is 3.87. The molecular weight excluding hydrogens is 344 g/mol. The maximum absolute atomic E-state index is 12.4. The second-order valence-corrected chi connectivity index (χ2v) is 8.24. The molecule has 6 nitrogen and oxygen atoms in total. The van der Waals surface area contributed by atoms with Crippen LogP contribution in [0.5, 0.6) is 0 Å². The van der Waals surface area contributed by atoms with Crippen LogP contribution in [-0.4, -0.2) is 54.2 Å². The fraction of sp³-hybridized carbons (Fsp3) is 0.619. The third kappa shape index (κ3) is 4.17. The number of benzene rings is 1. The number of carbonyl (C=O) groups is 2. The first kappa shape index (κ1) is 18.4. The van der Waals surface area contributed by atoms with Crippen molar-refractivity contribution in [2.45, 2.75) is 56.2 Å². The van der Waals surface area contributed by atoms with E-state index < -0.39 is 0 Å². The molecule has 1 aliphatic carbocycles. The molecule has 1 saturated carbocycles. The van der Waals surface area contributed by atoms with E-state index in [1.54, 1.807) is 4.90 Å². The number of Topliss-reactive ketones (excluding diaryl/α,β-unsaturated/α-hetero) is 1. The highest BCUT2D eigenvalue weighted by atomic mass is 16.6. The Hall–Kier alpha value is -1.92. The number of hydrogen-bond donors (Lipinski definition) is 1. The van der Waals surface area contributed by atoms with Gasteiger partial charge in [0.15, 0.2) is 0 Å². The number of carbonyl (C=O) groups excluding carboxylic acids is 2. The highest BCUT2D eigenvalue weighted by Crippen LogP contribution is 2.36. The monoisotopic (exact) mass is 372 g/mol. The van der Waals surface area contributed by atoms with Crippen molar-refractivity contribution in [3.63, 3.8) is 0 Å². The van der Waals surface area contributed by atoms with Gasteiger partial charge in [0.25, 0.3) is 0 Å². The fourth-order valence-corrected chi connectivity index (χ4v) is 4.55. The fourth-order valence-electron chi connectivity index (χ4n) is 4.55. The summed E-state index contributed by atoms with van der Waals surface area (Å²) in [4.78, 5) is 25.8. The average Bonchev–Trinajstić information content (AvgIpc) is 2.70. The number of morpholine rings is 1. The normalized spacial score (nSPS) is 24.1. The van der Waals surface area contributed by atoms with E-state index in [2.05, 4.69) is 5.32 Å². The third-order valence-corrected chi connectivity index (χ3v) is 6.24. The molecule has 2 spiro atoms. The van der Waals surface area contributed by atoms with Gasteiger partial charge >= 0.3 is 6.09 Å². The zero-order valence-corrected chi connectivity index (χ0v) is 15.7. The van der Waals surface area contributed by atoms with E-state index in [1.807, 2.05) is 30.3 Å². The van der Waals surface area contributed by atoms with Crippen LogP contribution in [0.1, 0.15) is 44.1 Å². The summed E-state index contributed by atoms with van der Waals surface area (Å²) in [5.41, 5.74) is 0.840. The number of nitrogens with zero attached hydrogens (tertiary/aromatic N) is 1. The van der Waals surface area contributed by atoms with Crippen molar-refractivity contribution < 1.29 is 19.1 Å². The van der Waals surface area contributed by atoms with Crippen LogP contribution >= 0.6 is 0 Å². The largest absolute Gasteiger partial charge is 0.445 e. The van der Waals surface area contributed by atoms with E-state index in [4.69, 9.17) is 9.47 Å². The van der Waals surface area contributed by atoms with Crippen LogP contribution in [0.4, 0.5) is 4.79 Å². The number of ether oxygens (including phenoxy) is 2. The molecule has 0 aromatic heterocycles. The molecule has 3 fully saturated rings. The average molecular weight is 372 g/mol. The molecule has 4 rings (SSSR count). The predicted octanol–water partition coefficient (Wildman–Crippen LogP) is 2.66. The molecule has 3 aliphatic rings. The highest BCUT2D eigenvalue weighted by Gasteiger charge is 2.47. The van der Waals surface area contributed by atoms with Gasteiger partial charge in [-0.3, -0.25) is 4.79 Å². The molecule has 27 heavy (non-hydrogen) atoms. The Bertz CT molecular complexity index is 673. The van der Waals surface area contributed by atoms with Crippen molar-refractivity contribution in [2.75, 3.05) is 26.3 Å². The molecule has 1 amide bonds. The van der Waals surface area contributed by atoms with Gasteiger partial charge in [0.2, 0.25) is 0 Å². The summed E-state index contributed by atoms with van der Waals surface area (Å²) in [6, 6.07) is 9.74. The van der Waals surface area contributed by atoms with Gasteiger partial charge in [-0.05, 0) is 31.2 Å². The Morgan fingerprint density at radius 2 is 1.67 bits per heavy atom. The molecule has 2 heterocycles. The van der Waals surface area contributed by atoms with Gasteiger partial charge in [-0.2, -0.15) is 0 Å². The molecule has 0 bridgehead atoms. The second kappa shape index (κ2) is 7.60. The van der Waals surface area contributed by atoms with Gasteiger partial charge in [0.05, 0.1) is 13.2 Å². The first-order valence-electron chi connectivity index (χ1n) is 9.93. The lowest BCUT2D eigenvalue weighted by molar-refractivity contribution is -0.126. The second-order valence-electron chi connectivity index (χ2n) is 8.24. The third-order valence-electron chi connectivity index (χ3n) is 6.24. The van der Waals surface area contributed by atoms with Crippen LogP contribution in [0.15, 0.2) is 30.3 Å². The van der Waals surface area contributed by atoms with Gasteiger partial charge < -0.3 is 19.7 Å². The molecule has 0 radical (unpaired) electrons. The number of ketones is 1. The van der Waals surface area contributed by atoms with Crippen LogP contribution in [0.2, 0.25) is 0 Å². The van der Waals surface area contributed by atoms with Crippen LogP contribution in [0, 0.1) is 0 Å². The van der Waals surface area contributed by atoms with Gasteiger partial charge in [-0.1, -0.05) is 30.3 Å². The molecule has 0 atom stereocenters. The van der Waals surface area contributed by atoms with Crippen LogP contribution in [-0.2, 0) is 20.9 Å².